The number of carbonyl (C=O) groups excluding carboxylic acids is 2. The average molecular weight is 1130 g/mol. The first-order valence-corrected chi connectivity index (χ1v) is 28.7. The summed E-state index contributed by atoms with van der Waals surface area (Å²) in [5, 5.41) is 38.6. The smallest absolute Gasteiger partial charge is 0.444 e. The molecule has 0 bridgehead atoms. The van der Waals surface area contributed by atoms with Crippen LogP contribution in [0.1, 0.15) is 51.7 Å². The Kier molecular flexibility index (Phi) is 23.8. The van der Waals surface area contributed by atoms with E-state index in [2.05, 4.69) is 10.6 Å². The molecule has 0 aromatic heterocycles. The zero-order chi connectivity index (χ0) is 56.3. The van der Waals surface area contributed by atoms with Crippen LogP contribution in [0.25, 0.3) is 0 Å². The van der Waals surface area contributed by atoms with Crippen molar-refractivity contribution in [2.24, 2.45) is 11.8 Å². The number of sulfonamides is 2. The summed E-state index contributed by atoms with van der Waals surface area (Å²) in [4.78, 5) is 55.5. The van der Waals surface area contributed by atoms with E-state index in [9.17, 15) is 61.2 Å². The van der Waals surface area contributed by atoms with Gasteiger partial charge in [0.05, 0.1) is 64.3 Å². The highest BCUT2D eigenvalue weighted by molar-refractivity contribution is 7.89. The number of alkyl carbamates (subject to hydrolysis) is 2. The molecule has 2 fully saturated rings. The summed E-state index contributed by atoms with van der Waals surface area (Å²) in [6.07, 6.45) is -3.42. The number of aliphatic hydroxyl groups is 1. The van der Waals surface area contributed by atoms with Crippen molar-refractivity contribution in [1.82, 2.24) is 19.2 Å². The van der Waals surface area contributed by atoms with Crippen LogP contribution in [-0.4, -0.2) is 147 Å². The fourth-order valence-corrected chi connectivity index (χ4v) is 11.9. The number of rotatable bonds is 26. The molecule has 2 saturated heterocycles. The lowest BCUT2D eigenvalue weighted by Gasteiger charge is -2.30. The first kappa shape index (κ1) is 61.8. The van der Waals surface area contributed by atoms with Gasteiger partial charge < -0.3 is 34.7 Å². The highest BCUT2D eigenvalue weighted by atomic mass is 32.2. The monoisotopic (exact) mass is 1130 g/mol. The number of amides is 2. The van der Waals surface area contributed by atoms with Crippen molar-refractivity contribution in [1.29, 1.82) is 0 Å². The Morgan fingerprint density at radius 3 is 1.40 bits per heavy atom. The lowest BCUT2D eigenvalue weighted by molar-refractivity contribution is -0.385. The van der Waals surface area contributed by atoms with Crippen LogP contribution >= 0.6 is 8.25 Å². The molecular weight excluding hydrogens is 1070 g/mol. The molecule has 4 N–H and O–H groups in total. The van der Waals surface area contributed by atoms with E-state index in [4.69, 9.17) is 23.5 Å². The Balaban J connectivity index is 0.000000285. The SMILES string of the molecule is CC(C)CN(C[C@@H](O)[C@H](Cc1ccccc1)NC(=O)O[C@H]1CCOC1)S(=O)(=O)c1ccc([N+](=O)[O-])cc1.CC(C)CN(C[C@@H](O[P+](=O)O)[C@H](Cc1ccccc1)NC(=O)O[C@H]1CCOC1)S(=O)(=O)c1ccc([N+](=O)[O-])cc1. The van der Waals surface area contributed by atoms with Crippen LogP contribution in [0.5, 0.6) is 0 Å². The van der Waals surface area contributed by atoms with Gasteiger partial charge in [-0.25, -0.2) is 26.4 Å². The molecule has 1 unspecified atom stereocenters. The number of nitrogens with zero attached hydrogens (tertiary/aromatic N) is 4. The molecule has 6 rings (SSSR count). The van der Waals surface area contributed by atoms with E-state index in [0.717, 1.165) is 56.1 Å². The summed E-state index contributed by atoms with van der Waals surface area (Å²) in [5.41, 5.74) is 1.09. The lowest BCUT2D eigenvalue weighted by atomic mass is 10.0. The van der Waals surface area contributed by atoms with Crippen LogP contribution in [0.3, 0.4) is 0 Å². The molecule has 7 atom stereocenters. The van der Waals surface area contributed by atoms with Crippen molar-refractivity contribution in [3.63, 3.8) is 0 Å². The molecule has 4 aromatic carbocycles. The van der Waals surface area contributed by atoms with Crippen LogP contribution in [0.2, 0.25) is 0 Å². The zero-order valence-corrected chi connectivity index (χ0v) is 45.5. The number of ether oxygens (including phenoxy) is 4. The van der Waals surface area contributed by atoms with Gasteiger partial charge in [-0.1, -0.05) is 88.4 Å². The largest absolute Gasteiger partial charge is 0.695 e. The summed E-state index contributed by atoms with van der Waals surface area (Å²) in [6.45, 7) is 8.15. The number of aliphatic hydroxyl groups excluding tert-OH is 1. The average Bonchev–Trinajstić information content (AvgIpc) is 4.11. The second-order valence-corrected chi connectivity index (χ2v) is 23.6. The molecule has 4 aromatic rings. The minimum absolute atomic E-state index is 0.00328. The maximum absolute atomic E-state index is 13.6. The van der Waals surface area contributed by atoms with Gasteiger partial charge in [0.25, 0.3) is 11.4 Å². The van der Waals surface area contributed by atoms with E-state index in [0.29, 0.717) is 32.7 Å². The van der Waals surface area contributed by atoms with Crippen molar-refractivity contribution in [3.8, 4) is 0 Å². The van der Waals surface area contributed by atoms with E-state index < -0.39 is 87.3 Å². The first-order chi connectivity index (χ1) is 36.5. The van der Waals surface area contributed by atoms with Crippen LogP contribution < -0.4 is 10.6 Å². The molecule has 2 amide bonds. The number of non-ortho nitro benzene ring substituents is 2. The molecular formula is C50H66N6O18PS2+. The van der Waals surface area contributed by atoms with E-state index in [1.54, 1.807) is 44.2 Å². The Hall–Kier alpha value is -6.06. The molecule has 420 valence electrons. The molecule has 0 spiro atoms. The summed E-state index contributed by atoms with van der Waals surface area (Å²) in [5.74, 6) is -0.239. The summed E-state index contributed by atoms with van der Waals surface area (Å²) < 4.78 is 94.9. The predicted octanol–water partition coefficient (Wildman–Crippen LogP) is 6.13. The van der Waals surface area contributed by atoms with Gasteiger partial charge >= 0.3 is 20.4 Å². The van der Waals surface area contributed by atoms with Crippen LogP contribution in [0.15, 0.2) is 119 Å². The Morgan fingerprint density at radius 1 is 0.649 bits per heavy atom. The fraction of sp³-hybridized carbons (Fsp3) is 0.480. The van der Waals surface area contributed by atoms with Gasteiger partial charge in [-0.3, -0.25) is 20.2 Å². The highest BCUT2D eigenvalue weighted by Gasteiger charge is 2.39. The minimum Gasteiger partial charge on any atom is -0.444 e. The van der Waals surface area contributed by atoms with Crippen LogP contribution in [-0.2, 0) is 60.9 Å². The summed E-state index contributed by atoms with van der Waals surface area (Å²) in [6, 6.07) is 25.4. The van der Waals surface area contributed by atoms with Crippen molar-refractivity contribution in [2.75, 3.05) is 52.6 Å². The van der Waals surface area contributed by atoms with E-state index in [1.165, 1.54) is 12.1 Å². The molecule has 77 heavy (non-hydrogen) atoms. The number of nitrogens with one attached hydrogen (secondary N) is 2. The van der Waals surface area contributed by atoms with Crippen molar-refractivity contribution in [3.05, 3.63) is 141 Å². The Labute approximate surface area is 448 Å². The third-order valence-electron chi connectivity index (χ3n) is 11.9. The third-order valence-corrected chi connectivity index (χ3v) is 16.1. The van der Waals surface area contributed by atoms with Crippen molar-refractivity contribution >= 4 is 51.9 Å². The Morgan fingerprint density at radius 2 is 1.04 bits per heavy atom. The highest BCUT2D eigenvalue weighted by Crippen LogP contribution is 2.28. The molecule has 0 radical (unpaired) electrons. The normalized spacial score (nSPS) is 17.5. The van der Waals surface area contributed by atoms with Gasteiger partial charge in [-0.2, -0.15) is 8.61 Å². The topological polar surface area (TPSA) is 323 Å². The molecule has 0 aliphatic carbocycles. The van der Waals surface area contributed by atoms with Crippen LogP contribution in [0, 0.1) is 32.1 Å². The zero-order valence-electron chi connectivity index (χ0n) is 43.0. The van der Waals surface area contributed by atoms with Gasteiger partial charge in [0.15, 0.2) is 6.10 Å². The summed E-state index contributed by atoms with van der Waals surface area (Å²) >= 11 is 0. The second-order valence-electron chi connectivity index (χ2n) is 19.0. The Bertz CT molecular complexity index is 2770. The number of hydrogen-bond acceptors (Lipinski definition) is 17. The lowest BCUT2D eigenvalue weighted by Crippen LogP contribution is -2.52. The maximum atomic E-state index is 13.6. The maximum Gasteiger partial charge on any atom is 0.695 e. The number of benzene rings is 4. The minimum atomic E-state index is -4.23. The molecule has 2 heterocycles. The number of carbonyl (C=O) groups is 2. The first-order valence-electron chi connectivity index (χ1n) is 24.7. The predicted molar refractivity (Wildman–Crippen MR) is 280 cm³/mol. The summed E-state index contributed by atoms with van der Waals surface area (Å²) in [7, 11) is -11.5. The van der Waals surface area contributed by atoms with E-state index in [-0.39, 0.29) is 78.2 Å². The molecule has 27 heteroatoms. The number of nitro groups is 2. The third kappa shape index (κ3) is 19.7. The van der Waals surface area contributed by atoms with Gasteiger partial charge in [-0.15, -0.1) is 9.42 Å². The van der Waals surface area contributed by atoms with E-state index in [1.807, 2.05) is 44.2 Å². The second kappa shape index (κ2) is 29.6. The molecule has 2 aliphatic rings. The van der Waals surface area contributed by atoms with Gasteiger partial charge in [-0.05, 0) is 60.1 Å². The van der Waals surface area contributed by atoms with Gasteiger partial charge in [0.2, 0.25) is 20.0 Å². The standard InChI is InChI=1S/C25H32N3O10PS.C25H33N3O8S/c1-18(2)15-27(40(34,35)22-10-8-20(9-11-22)28(30)31)16-24(38-39(32)33)23(14-19-6-4-3-5-7-19)26-25(29)37-21-12-13-36-17-21;1-18(2)15-27(37(33,34)22-10-8-20(9-11-22)28(31)32)16-24(29)23(14-19-6-4-3-5-7-19)26-25(30)36-21-12-13-35-17-21/h3-11,18,21,23-24H,12-17H2,1-2H3,(H-,26,29,32,33);3-11,18,21,23-24,29H,12-17H2,1-2H3,(H,26,30)/p+1/t2*21-,23-,24+/m00/s1. The number of nitro benzene ring substituents is 2. The van der Waals surface area contributed by atoms with Crippen molar-refractivity contribution in [2.45, 2.75) is 99.7 Å². The molecule has 2 aliphatic heterocycles. The van der Waals surface area contributed by atoms with Crippen LogP contribution in [0.4, 0.5) is 21.0 Å². The fourth-order valence-electron chi connectivity index (χ4n) is 8.20. The molecule has 24 nitrogen and oxygen atoms in total. The van der Waals surface area contributed by atoms with E-state index >= 15 is 0 Å². The molecule has 0 saturated carbocycles. The number of hydrogen-bond donors (Lipinski definition) is 4. The van der Waals surface area contributed by atoms with Gasteiger partial charge in [0, 0.05) is 67.9 Å². The van der Waals surface area contributed by atoms with Gasteiger partial charge in [0.1, 0.15) is 12.2 Å². The quantitative estimate of drug-likeness (QED) is 0.0312. The van der Waals surface area contributed by atoms with Crippen molar-refractivity contribution < 1.29 is 74.3 Å².